The predicted octanol–water partition coefficient (Wildman–Crippen LogP) is 4.07. The van der Waals surface area contributed by atoms with Crippen molar-refractivity contribution in [1.29, 1.82) is 0 Å². The van der Waals surface area contributed by atoms with Crippen molar-refractivity contribution in [2.75, 3.05) is 6.54 Å². The summed E-state index contributed by atoms with van der Waals surface area (Å²) in [6.07, 6.45) is 4.67. The van der Waals surface area contributed by atoms with Gasteiger partial charge in [0.15, 0.2) is 0 Å². The number of aliphatic hydroxyl groups excluding tert-OH is 1. The smallest absolute Gasteiger partial charge is 0.295 e. The minimum Gasteiger partial charge on any atom is -0.507 e. The fourth-order valence-corrected chi connectivity index (χ4v) is 4.61. The lowest BCUT2D eigenvalue weighted by Crippen LogP contribution is -2.31. The number of aromatic nitrogens is 1. The Labute approximate surface area is 192 Å². The number of carbonyl (C=O) groups excluding carboxylic acids is 2. The molecule has 2 aliphatic heterocycles. The van der Waals surface area contributed by atoms with Gasteiger partial charge in [0.2, 0.25) is 0 Å². The summed E-state index contributed by atoms with van der Waals surface area (Å²) in [7, 11) is 0. The first kappa shape index (κ1) is 20.9. The average Bonchev–Trinajstić information content (AvgIpc) is 3.34. The van der Waals surface area contributed by atoms with Crippen LogP contribution in [0.1, 0.15) is 35.2 Å². The van der Waals surface area contributed by atoms with E-state index in [1.807, 2.05) is 49.4 Å². The highest BCUT2D eigenvalue weighted by Crippen LogP contribution is 2.40. The lowest BCUT2D eigenvalue weighted by Gasteiger charge is -2.25. The molecule has 0 unspecified atom stereocenters. The van der Waals surface area contributed by atoms with Gasteiger partial charge in [0.1, 0.15) is 17.6 Å². The molecule has 1 amide bonds. The van der Waals surface area contributed by atoms with Crippen molar-refractivity contribution in [2.24, 2.45) is 0 Å². The maximum absolute atomic E-state index is 13.2. The Morgan fingerprint density at radius 3 is 2.70 bits per heavy atom. The molecule has 1 fully saturated rings. The van der Waals surface area contributed by atoms with Crippen molar-refractivity contribution in [3.8, 4) is 5.75 Å². The maximum Gasteiger partial charge on any atom is 0.295 e. The molecule has 5 rings (SSSR count). The second-order valence-electron chi connectivity index (χ2n) is 8.47. The second kappa shape index (κ2) is 8.54. The normalized spacial score (nSPS) is 21.2. The van der Waals surface area contributed by atoms with E-state index in [9.17, 15) is 14.7 Å². The van der Waals surface area contributed by atoms with Crippen LogP contribution in [0.25, 0.3) is 5.76 Å². The van der Waals surface area contributed by atoms with Crippen molar-refractivity contribution >= 4 is 17.4 Å². The molecule has 0 spiro atoms. The van der Waals surface area contributed by atoms with Crippen LogP contribution in [0.5, 0.6) is 5.75 Å². The van der Waals surface area contributed by atoms with Crippen LogP contribution in [0, 0.1) is 0 Å². The number of nitrogens with zero attached hydrogens (tertiary/aromatic N) is 2. The number of pyridine rings is 1. The lowest BCUT2D eigenvalue weighted by atomic mass is 9.95. The van der Waals surface area contributed by atoms with Gasteiger partial charge in [-0.1, -0.05) is 36.4 Å². The highest BCUT2D eigenvalue weighted by molar-refractivity contribution is 6.46. The van der Waals surface area contributed by atoms with Gasteiger partial charge in [-0.25, -0.2) is 0 Å². The van der Waals surface area contributed by atoms with E-state index in [0.29, 0.717) is 24.1 Å². The summed E-state index contributed by atoms with van der Waals surface area (Å²) in [4.78, 5) is 32.0. The largest absolute Gasteiger partial charge is 0.507 e. The monoisotopic (exact) mass is 440 g/mol. The molecule has 2 atom stereocenters. The van der Waals surface area contributed by atoms with Crippen molar-refractivity contribution in [3.05, 3.63) is 101 Å². The van der Waals surface area contributed by atoms with Gasteiger partial charge in [0.25, 0.3) is 11.7 Å². The molecule has 1 saturated heterocycles. The quantitative estimate of drug-likeness (QED) is 0.368. The third-order valence-electron chi connectivity index (χ3n) is 6.19. The van der Waals surface area contributed by atoms with Gasteiger partial charge in [0.05, 0.1) is 11.6 Å². The third kappa shape index (κ3) is 3.89. The summed E-state index contributed by atoms with van der Waals surface area (Å²) in [5.41, 5.74) is 3.32. The number of fused-ring (bicyclic) bond motifs is 1. The predicted molar refractivity (Wildman–Crippen MR) is 124 cm³/mol. The summed E-state index contributed by atoms with van der Waals surface area (Å²) in [5.74, 6) is -0.683. The van der Waals surface area contributed by atoms with Gasteiger partial charge in [0, 0.05) is 30.9 Å². The minimum absolute atomic E-state index is 0.0661. The third-order valence-corrected chi connectivity index (χ3v) is 6.19. The first-order chi connectivity index (χ1) is 16.0. The average molecular weight is 440 g/mol. The molecule has 0 saturated carbocycles. The molecular weight excluding hydrogens is 416 g/mol. The lowest BCUT2D eigenvalue weighted by molar-refractivity contribution is -0.139. The molecule has 6 nitrogen and oxygen atoms in total. The van der Waals surface area contributed by atoms with E-state index in [4.69, 9.17) is 4.74 Å². The summed E-state index contributed by atoms with van der Waals surface area (Å²) >= 11 is 0. The Balaban J connectivity index is 1.56. The Hall–Kier alpha value is -3.93. The van der Waals surface area contributed by atoms with Crippen molar-refractivity contribution in [1.82, 2.24) is 9.88 Å². The van der Waals surface area contributed by atoms with Crippen molar-refractivity contribution in [3.63, 3.8) is 0 Å². The van der Waals surface area contributed by atoms with E-state index < -0.39 is 17.7 Å². The molecule has 3 aromatic rings. The Morgan fingerprint density at radius 1 is 1.12 bits per heavy atom. The Bertz CT molecular complexity index is 1240. The number of benzene rings is 2. The topological polar surface area (TPSA) is 79.7 Å². The molecule has 1 aromatic heterocycles. The summed E-state index contributed by atoms with van der Waals surface area (Å²) in [6, 6.07) is 18.1. The molecule has 3 heterocycles. The molecule has 33 heavy (non-hydrogen) atoms. The number of hydrogen-bond acceptors (Lipinski definition) is 5. The number of likely N-dealkylation sites (tertiary alicyclic amines) is 1. The molecule has 1 N–H and O–H groups in total. The standard InChI is InChI=1S/C27H24N2O4/c1-17-14-21-15-19(9-10-22(21)33-17)25(30)23-24(20-8-5-12-28-16-20)29(27(32)26(23)31)13-11-18-6-3-2-4-7-18/h2-10,12,15-17,24,30H,11,13-14H2,1H3/t17-,24-/m0/s1. The van der Waals surface area contributed by atoms with Gasteiger partial charge in [-0.05, 0) is 54.3 Å². The highest BCUT2D eigenvalue weighted by Gasteiger charge is 2.46. The van der Waals surface area contributed by atoms with Gasteiger partial charge < -0.3 is 14.7 Å². The number of ether oxygens (including phenoxy) is 1. The number of amides is 1. The molecule has 0 bridgehead atoms. The molecular formula is C27H24N2O4. The molecule has 2 aliphatic rings. The maximum atomic E-state index is 13.2. The van der Waals surface area contributed by atoms with E-state index in [1.54, 1.807) is 30.6 Å². The molecule has 0 aliphatic carbocycles. The summed E-state index contributed by atoms with van der Waals surface area (Å²) in [6.45, 7) is 2.33. The zero-order chi connectivity index (χ0) is 22.9. The van der Waals surface area contributed by atoms with Crippen LogP contribution >= 0.6 is 0 Å². The first-order valence-corrected chi connectivity index (χ1v) is 11.0. The fourth-order valence-electron chi connectivity index (χ4n) is 4.61. The SMILES string of the molecule is C[C@H]1Cc2cc(C(O)=C3C(=O)C(=O)N(CCc4ccccc4)[C@H]3c3cccnc3)ccc2O1. The van der Waals surface area contributed by atoms with Gasteiger partial charge >= 0.3 is 0 Å². The van der Waals surface area contributed by atoms with Gasteiger partial charge in [-0.3, -0.25) is 14.6 Å². The number of ketones is 1. The molecule has 0 radical (unpaired) electrons. The van der Waals surface area contributed by atoms with Crippen molar-refractivity contribution in [2.45, 2.75) is 31.9 Å². The molecule has 166 valence electrons. The zero-order valence-corrected chi connectivity index (χ0v) is 18.3. The van der Waals surface area contributed by atoms with Gasteiger partial charge in [-0.2, -0.15) is 0 Å². The number of hydrogen-bond donors (Lipinski definition) is 1. The Morgan fingerprint density at radius 2 is 1.94 bits per heavy atom. The van der Waals surface area contributed by atoms with E-state index in [1.165, 1.54) is 4.90 Å². The zero-order valence-electron chi connectivity index (χ0n) is 18.3. The highest BCUT2D eigenvalue weighted by atomic mass is 16.5. The summed E-state index contributed by atoms with van der Waals surface area (Å²) in [5, 5.41) is 11.3. The van der Waals surface area contributed by atoms with E-state index >= 15 is 0 Å². The van der Waals surface area contributed by atoms with Crippen LogP contribution < -0.4 is 4.74 Å². The van der Waals surface area contributed by atoms with Crippen LogP contribution in [0.3, 0.4) is 0 Å². The Kier molecular flexibility index (Phi) is 5.42. The van der Waals surface area contributed by atoms with Crippen LogP contribution in [0.4, 0.5) is 0 Å². The molecule has 6 heteroatoms. The van der Waals surface area contributed by atoms with E-state index in [-0.39, 0.29) is 17.4 Å². The minimum atomic E-state index is -0.703. The van der Waals surface area contributed by atoms with Crippen molar-refractivity contribution < 1.29 is 19.4 Å². The van der Waals surface area contributed by atoms with Crippen LogP contribution in [-0.2, 0) is 22.4 Å². The van der Waals surface area contributed by atoms with Crippen LogP contribution in [-0.4, -0.2) is 39.3 Å². The number of rotatable bonds is 5. The first-order valence-electron chi connectivity index (χ1n) is 11.0. The summed E-state index contributed by atoms with van der Waals surface area (Å²) < 4.78 is 5.75. The van der Waals surface area contributed by atoms with Gasteiger partial charge in [-0.15, -0.1) is 0 Å². The number of Topliss-reactive ketones (excluding diaryl/α,β-unsaturated/α-hetero) is 1. The van der Waals surface area contributed by atoms with Crippen LogP contribution in [0.2, 0.25) is 0 Å². The van der Waals surface area contributed by atoms with Crippen LogP contribution in [0.15, 0.2) is 78.6 Å². The number of aliphatic hydroxyl groups is 1. The van der Waals surface area contributed by atoms with E-state index in [2.05, 4.69) is 4.98 Å². The van der Waals surface area contributed by atoms with E-state index in [0.717, 1.165) is 23.3 Å². The fraction of sp³-hybridized carbons (Fsp3) is 0.222. The second-order valence-corrected chi connectivity index (χ2v) is 8.47. The molecule has 2 aromatic carbocycles. The number of carbonyl (C=O) groups is 2.